The molecule has 0 aliphatic carbocycles. The van der Waals surface area contributed by atoms with Crippen LogP contribution in [-0.2, 0) is 16.1 Å². The zero-order valence-electron chi connectivity index (χ0n) is 14.2. The van der Waals surface area contributed by atoms with Crippen molar-refractivity contribution < 1.29 is 13.9 Å². The number of hydrogen-bond donors (Lipinski definition) is 0. The number of aromatic nitrogens is 1. The maximum atomic E-state index is 12.3. The molecule has 0 radical (unpaired) electrons. The zero-order valence-corrected chi connectivity index (χ0v) is 14.9. The first-order valence-corrected chi connectivity index (χ1v) is 9.31. The van der Waals surface area contributed by atoms with Crippen LogP contribution in [0.15, 0.2) is 27.4 Å². The number of nitrogens with zero attached hydrogens (tertiary/aromatic N) is 2. The zero-order chi connectivity index (χ0) is 17.2. The van der Waals surface area contributed by atoms with Gasteiger partial charge in [0.15, 0.2) is 5.58 Å². The van der Waals surface area contributed by atoms with Crippen LogP contribution in [0, 0.1) is 0 Å². The summed E-state index contributed by atoms with van der Waals surface area (Å²) in [6.45, 7) is 3.71. The van der Waals surface area contributed by atoms with Gasteiger partial charge in [-0.15, -0.1) is 0 Å². The highest BCUT2D eigenvalue weighted by molar-refractivity contribution is 6.31. The normalized spacial score (nSPS) is 23.9. The third kappa shape index (κ3) is 3.92. The fraction of sp³-hybridized carbons (Fsp3) is 0.611. The van der Waals surface area contributed by atoms with Gasteiger partial charge in [-0.2, -0.15) is 0 Å². The molecule has 0 N–H and O–H groups in total. The molecule has 0 spiro atoms. The Labute approximate surface area is 151 Å². The van der Waals surface area contributed by atoms with Gasteiger partial charge in [0.05, 0.1) is 24.4 Å². The topological polar surface area (TPSA) is 56.8 Å². The first kappa shape index (κ1) is 17.1. The molecule has 0 bridgehead atoms. The predicted molar refractivity (Wildman–Crippen MR) is 95.0 cm³/mol. The summed E-state index contributed by atoms with van der Waals surface area (Å²) in [7, 11) is 0. The third-order valence-electron chi connectivity index (χ3n) is 4.94. The molecule has 7 heteroatoms. The maximum Gasteiger partial charge on any atom is 0.421 e. The molecule has 2 saturated heterocycles. The lowest BCUT2D eigenvalue weighted by atomic mass is 10.2. The van der Waals surface area contributed by atoms with Crippen molar-refractivity contribution in [3.05, 3.63) is 33.8 Å². The van der Waals surface area contributed by atoms with Crippen molar-refractivity contribution in [1.29, 1.82) is 0 Å². The largest absolute Gasteiger partial charge is 0.421 e. The van der Waals surface area contributed by atoms with Gasteiger partial charge in [0, 0.05) is 37.4 Å². The Morgan fingerprint density at radius 2 is 1.80 bits per heavy atom. The van der Waals surface area contributed by atoms with Crippen LogP contribution >= 0.6 is 11.6 Å². The molecule has 1 aromatic carbocycles. The fourth-order valence-corrected chi connectivity index (χ4v) is 3.88. The second-order valence-electron chi connectivity index (χ2n) is 6.86. The van der Waals surface area contributed by atoms with Gasteiger partial charge >= 0.3 is 5.76 Å². The Kier molecular flexibility index (Phi) is 5.12. The Hall–Kier alpha value is -1.34. The number of ether oxygens (including phenoxy) is 2. The Balaban J connectivity index is 1.56. The lowest BCUT2D eigenvalue weighted by molar-refractivity contribution is 0.0252. The van der Waals surface area contributed by atoms with Crippen molar-refractivity contribution in [2.45, 2.75) is 44.6 Å². The maximum absolute atomic E-state index is 12.3. The van der Waals surface area contributed by atoms with Crippen LogP contribution < -0.4 is 5.76 Å². The van der Waals surface area contributed by atoms with E-state index in [0.29, 0.717) is 17.3 Å². The SMILES string of the molecule is O=c1oc2cc(Cl)ccc2n1CN(C[C@@H]1CCCO1)C[C@@H]1CCCO1. The molecule has 3 heterocycles. The Morgan fingerprint density at radius 1 is 1.12 bits per heavy atom. The van der Waals surface area contributed by atoms with Crippen molar-refractivity contribution in [2.24, 2.45) is 0 Å². The molecule has 4 rings (SSSR count). The van der Waals surface area contributed by atoms with Crippen molar-refractivity contribution in [3.63, 3.8) is 0 Å². The second-order valence-corrected chi connectivity index (χ2v) is 7.29. The number of benzene rings is 1. The van der Waals surface area contributed by atoms with Crippen LogP contribution in [-0.4, -0.2) is 48.0 Å². The minimum absolute atomic E-state index is 0.227. The molecule has 2 atom stereocenters. The van der Waals surface area contributed by atoms with Crippen LogP contribution in [0.2, 0.25) is 5.02 Å². The van der Waals surface area contributed by atoms with Gasteiger partial charge in [-0.05, 0) is 37.8 Å². The molecule has 2 fully saturated rings. The summed E-state index contributed by atoms with van der Waals surface area (Å²) < 4.78 is 18.6. The first-order chi connectivity index (χ1) is 12.2. The van der Waals surface area contributed by atoms with Gasteiger partial charge < -0.3 is 13.9 Å². The molecular formula is C18H23ClN2O4. The van der Waals surface area contributed by atoms with E-state index in [4.69, 9.17) is 25.5 Å². The third-order valence-corrected chi connectivity index (χ3v) is 5.18. The molecule has 136 valence electrons. The van der Waals surface area contributed by atoms with Crippen LogP contribution in [0.5, 0.6) is 0 Å². The van der Waals surface area contributed by atoms with E-state index in [0.717, 1.165) is 57.5 Å². The van der Waals surface area contributed by atoms with Crippen LogP contribution in [0.3, 0.4) is 0 Å². The van der Waals surface area contributed by atoms with Gasteiger partial charge in [0.2, 0.25) is 0 Å². The van der Waals surface area contributed by atoms with E-state index >= 15 is 0 Å². The number of oxazole rings is 1. The molecule has 2 aliphatic heterocycles. The van der Waals surface area contributed by atoms with E-state index in [1.807, 2.05) is 6.07 Å². The van der Waals surface area contributed by atoms with Crippen molar-refractivity contribution in [1.82, 2.24) is 9.47 Å². The summed E-state index contributed by atoms with van der Waals surface area (Å²) in [5, 5.41) is 0.559. The predicted octanol–water partition coefficient (Wildman–Crippen LogP) is 2.87. The van der Waals surface area contributed by atoms with E-state index in [-0.39, 0.29) is 18.0 Å². The minimum Gasteiger partial charge on any atom is -0.408 e. The van der Waals surface area contributed by atoms with Crippen LogP contribution in [0.25, 0.3) is 11.1 Å². The first-order valence-electron chi connectivity index (χ1n) is 8.93. The van der Waals surface area contributed by atoms with Gasteiger partial charge in [-0.25, -0.2) is 4.79 Å². The average Bonchev–Trinajstić information content (AvgIpc) is 3.31. The van der Waals surface area contributed by atoms with Crippen LogP contribution in [0.4, 0.5) is 0 Å². The molecule has 0 unspecified atom stereocenters. The standard InChI is InChI=1S/C18H23ClN2O4/c19-13-5-6-16-17(9-13)25-18(22)21(16)12-20(10-14-3-1-7-23-14)11-15-4-2-8-24-15/h5-6,9,14-15H,1-4,7-8,10-12H2/t14-,15-/m0/s1. The van der Waals surface area contributed by atoms with Gasteiger partial charge in [0.25, 0.3) is 0 Å². The highest BCUT2D eigenvalue weighted by atomic mass is 35.5. The molecule has 0 amide bonds. The monoisotopic (exact) mass is 366 g/mol. The second kappa shape index (κ2) is 7.50. The molecule has 25 heavy (non-hydrogen) atoms. The van der Waals surface area contributed by atoms with E-state index in [1.165, 1.54) is 0 Å². The van der Waals surface area contributed by atoms with Crippen molar-refractivity contribution >= 4 is 22.7 Å². The number of rotatable bonds is 6. The van der Waals surface area contributed by atoms with E-state index < -0.39 is 0 Å². The number of fused-ring (bicyclic) bond motifs is 1. The van der Waals surface area contributed by atoms with E-state index in [1.54, 1.807) is 16.7 Å². The van der Waals surface area contributed by atoms with E-state index in [9.17, 15) is 4.79 Å². The summed E-state index contributed by atoms with van der Waals surface area (Å²) in [6.07, 6.45) is 4.79. The average molecular weight is 367 g/mol. The summed E-state index contributed by atoms with van der Waals surface area (Å²) in [4.78, 5) is 14.6. The minimum atomic E-state index is -0.359. The molecule has 1 aromatic heterocycles. The molecular weight excluding hydrogens is 344 g/mol. The highest BCUT2D eigenvalue weighted by Gasteiger charge is 2.25. The Bertz CT molecular complexity index is 757. The quantitative estimate of drug-likeness (QED) is 0.786. The molecule has 2 aromatic rings. The van der Waals surface area contributed by atoms with Gasteiger partial charge in [0.1, 0.15) is 0 Å². The molecule has 2 aliphatic rings. The van der Waals surface area contributed by atoms with E-state index in [2.05, 4.69) is 4.90 Å². The number of halogens is 1. The number of hydrogen-bond acceptors (Lipinski definition) is 5. The summed E-state index contributed by atoms with van der Waals surface area (Å²) >= 11 is 6.00. The Morgan fingerprint density at radius 3 is 2.40 bits per heavy atom. The molecule has 6 nitrogen and oxygen atoms in total. The summed E-state index contributed by atoms with van der Waals surface area (Å²) in [6, 6.07) is 5.29. The smallest absolute Gasteiger partial charge is 0.408 e. The lowest BCUT2D eigenvalue weighted by Crippen LogP contribution is -2.40. The summed E-state index contributed by atoms with van der Waals surface area (Å²) in [5.74, 6) is -0.359. The summed E-state index contributed by atoms with van der Waals surface area (Å²) in [5.41, 5.74) is 1.28. The lowest BCUT2D eigenvalue weighted by Gasteiger charge is -2.27. The molecule has 0 saturated carbocycles. The highest BCUT2D eigenvalue weighted by Crippen LogP contribution is 2.21. The van der Waals surface area contributed by atoms with Gasteiger partial charge in [-0.1, -0.05) is 11.6 Å². The fourth-order valence-electron chi connectivity index (χ4n) is 3.72. The van der Waals surface area contributed by atoms with Crippen molar-refractivity contribution in [3.8, 4) is 0 Å². The van der Waals surface area contributed by atoms with Crippen molar-refractivity contribution in [2.75, 3.05) is 26.3 Å². The van der Waals surface area contributed by atoms with Gasteiger partial charge in [-0.3, -0.25) is 9.47 Å². The van der Waals surface area contributed by atoms with Crippen LogP contribution in [0.1, 0.15) is 25.7 Å².